The van der Waals surface area contributed by atoms with E-state index in [1.807, 2.05) is 6.08 Å². The van der Waals surface area contributed by atoms with Crippen LogP contribution in [0.15, 0.2) is 60.8 Å². The van der Waals surface area contributed by atoms with E-state index in [0.29, 0.717) is 12.8 Å². The van der Waals surface area contributed by atoms with E-state index in [-0.39, 0.29) is 31.6 Å². The first-order chi connectivity index (χ1) is 31.0. The van der Waals surface area contributed by atoms with Crippen molar-refractivity contribution in [3.8, 4) is 0 Å². The normalized spacial score (nSPS) is 12.5. The topological polar surface area (TPSA) is 78.9 Å². The van der Waals surface area contributed by atoms with E-state index >= 15 is 0 Å². The molecule has 6 heteroatoms. The second kappa shape index (κ2) is 51.7. The third-order valence-electron chi connectivity index (χ3n) is 11.6. The first-order valence-electron chi connectivity index (χ1n) is 26.8. The van der Waals surface area contributed by atoms with Gasteiger partial charge in [-0.05, 0) is 44.9 Å². The second-order valence-corrected chi connectivity index (χ2v) is 17.8. The highest BCUT2D eigenvalue weighted by atomic mass is 16.6. The van der Waals surface area contributed by atoms with Gasteiger partial charge in [0.05, 0.1) is 6.42 Å². The van der Waals surface area contributed by atoms with E-state index in [1.165, 1.54) is 154 Å². The molecule has 0 amide bonds. The Kier molecular flexibility index (Phi) is 49.4. The minimum atomic E-state index is -0.823. The standard InChI is InChI=1S/C57H100O6/c1-4-7-10-13-16-19-21-23-25-26-27-28-29-30-32-33-35-38-41-44-47-50-56(59)62-53-54(52-61-55(58)49-46-43-40-37-18-15-12-9-6-3)63-57(60)51-48-45-42-39-36-34-31-24-22-20-17-14-11-8-5-2/h8,11,17,20,24,31,36,39,45,48,54H,4-7,9-10,12-16,18-19,21-23,25-30,32-35,37-38,40-44,46-47,49-53H2,1-3H3/b11-8-,20-17-,31-24-,39-36-,48-45-. The van der Waals surface area contributed by atoms with Crippen molar-refractivity contribution in [1.82, 2.24) is 0 Å². The SMILES string of the molecule is CC/C=C\C/C=C\C/C=C\C/C=C\C/C=C\CC(=O)OC(COC(=O)CCCCCCCCCCC)COC(=O)CCCCCCCCCCCCCCCCCCCCCCC. The van der Waals surface area contributed by atoms with Gasteiger partial charge in [0, 0.05) is 12.8 Å². The first-order valence-corrected chi connectivity index (χ1v) is 26.8. The van der Waals surface area contributed by atoms with Gasteiger partial charge in [-0.2, -0.15) is 0 Å². The molecule has 0 rings (SSSR count). The third-order valence-corrected chi connectivity index (χ3v) is 11.6. The molecule has 0 aliphatic carbocycles. The van der Waals surface area contributed by atoms with E-state index in [0.717, 1.165) is 70.6 Å². The molecule has 63 heavy (non-hydrogen) atoms. The summed E-state index contributed by atoms with van der Waals surface area (Å²) in [6.07, 6.45) is 63.9. The maximum Gasteiger partial charge on any atom is 0.310 e. The number of allylic oxidation sites excluding steroid dienone is 9. The van der Waals surface area contributed by atoms with E-state index < -0.39 is 12.1 Å². The summed E-state index contributed by atoms with van der Waals surface area (Å²) in [6.45, 7) is 6.44. The fourth-order valence-corrected chi connectivity index (χ4v) is 7.58. The lowest BCUT2D eigenvalue weighted by molar-refractivity contribution is -0.166. The molecule has 0 saturated heterocycles. The van der Waals surface area contributed by atoms with Crippen LogP contribution in [0.1, 0.15) is 265 Å². The predicted molar refractivity (Wildman–Crippen MR) is 270 cm³/mol. The molecule has 0 aliphatic heterocycles. The second-order valence-electron chi connectivity index (χ2n) is 17.8. The summed E-state index contributed by atoms with van der Waals surface area (Å²) in [7, 11) is 0. The van der Waals surface area contributed by atoms with Crippen LogP contribution in [0.4, 0.5) is 0 Å². The van der Waals surface area contributed by atoms with Gasteiger partial charge in [-0.15, -0.1) is 0 Å². The Balaban J connectivity index is 4.33. The Morgan fingerprint density at radius 3 is 0.905 bits per heavy atom. The zero-order valence-corrected chi connectivity index (χ0v) is 41.6. The number of ether oxygens (including phenoxy) is 3. The van der Waals surface area contributed by atoms with Crippen LogP contribution in [0.25, 0.3) is 0 Å². The van der Waals surface area contributed by atoms with Crippen LogP contribution >= 0.6 is 0 Å². The Labute approximate surface area is 390 Å². The van der Waals surface area contributed by atoms with Crippen molar-refractivity contribution < 1.29 is 28.6 Å². The fraction of sp³-hybridized carbons (Fsp3) is 0.772. The molecular formula is C57H100O6. The van der Waals surface area contributed by atoms with Crippen LogP contribution in [-0.4, -0.2) is 37.2 Å². The third kappa shape index (κ3) is 50.0. The smallest absolute Gasteiger partial charge is 0.310 e. The van der Waals surface area contributed by atoms with Crippen molar-refractivity contribution in [2.75, 3.05) is 13.2 Å². The summed E-state index contributed by atoms with van der Waals surface area (Å²) >= 11 is 0. The molecule has 0 bridgehead atoms. The van der Waals surface area contributed by atoms with Crippen LogP contribution in [0.2, 0.25) is 0 Å². The Morgan fingerprint density at radius 1 is 0.333 bits per heavy atom. The zero-order valence-electron chi connectivity index (χ0n) is 41.6. The molecule has 0 saturated carbocycles. The first kappa shape index (κ1) is 60.1. The van der Waals surface area contributed by atoms with Crippen molar-refractivity contribution in [3.05, 3.63) is 60.8 Å². The highest BCUT2D eigenvalue weighted by Crippen LogP contribution is 2.16. The van der Waals surface area contributed by atoms with Gasteiger partial charge in [-0.1, -0.05) is 261 Å². The van der Waals surface area contributed by atoms with E-state index in [4.69, 9.17) is 14.2 Å². The summed E-state index contributed by atoms with van der Waals surface area (Å²) in [6, 6.07) is 0. The molecule has 0 radical (unpaired) electrons. The van der Waals surface area contributed by atoms with Crippen LogP contribution in [-0.2, 0) is 28.6 Å². The molecule has 0 aromatic rings. The summed E-state index contributed by atoms with van der Waals surface area (Å²) in [5, 5.41) is 0. The monoisotopic (exact) mass is 881 g/mol. The Morgan fingerprint density at radius 2 is 0.603 bits per heavy atom. The van der Waals surface area contributed by atoms with Crippen molar-refractivity contribution in [1.29, 1.82) is 0 Å². The van der Waals surface area contributed by atoms with Gasteiger partial charge in [0.15, 0.2) is 6.10 Å². The van der Waals surface area contributed by atoms with Gasteiger partial charge >= 0.3 is 17.9 Å². The van der Waals surface area contributed by atoms with Gasteiger partial charge in [0.2, 0.25) is 0 Å². The molecule has 0 heterocycles. The van der Waals surface area contributed by atoms with Crippen LogP contribution in [0.5, 0.6) is 0 Å². The number of unbranched alkanes of at least 4 members (excludes halogenated alkanes) is 28. The predicted octanol–water partition coefficient (Wildman–Crippen LogP) is 17.6. The minimum Gasteiger partial charge on any atom is -0.462 e. The quantitative estimate of drug-likeness (QED) is 0.0262. The number of esters is 3. The highest BCUT2D eigenvalue weighted by Gasteiger charge is 2.19. The average molecular weight is 881 g/mol. The molecule has 0 spiro atoms. The summed E-state index contributed by atoms with van der Waals surface area (Å²) in [4.78, 5) is 37.8. The van der Waals surface area contributed by atoms with Gasteiger partial charge < -0.3 is 14.2 Å². The lowest BCUT2D eigenvalue weighted by Crippen LogP contribution is -2.30. The van der Waals surface area contributed by atoms with Gasteiger partial charge in [0.25, 0.3) is 0 Å². The molecule has 1 unspecified atom stereocenters. The Bertz CT molecular complexity index is 1150. The minimum absolute atomic E-state index is 0.101. The lowest BCUT2D eigenvalue weighted by atomic mass is 10.0. The van der Waals surface area contributed by atoms with Crippen molar-refractivity contribution >= 4 is 17.9 Å². The molecule has 0 N–H and O–H groups in total. The molecule has 0 fully saturated rings. The van der Waals surface area contributed by atoms with Crippen LogP contribution in [0.3, 0.4) is 0 Å². The summed E-state index contributed by atoms with van der Waals surface area (Å²) < 4.78 is 16.7. The molecular weight excluding hydrogens is 781 g/mol. The van der Waals surface area contributed by atoms with Crippen molar-refractivity contribution in [3.63, 3.8) is 0 Å². The maximum absolute atomic E-state index is 12.7. The molecule has 0 aliphatic rings. The van der Waals surface area contributed by atoms with E-state index in [9.17, 15) is 14.4 Å². The summed E-state index contributed by atoms with van der Waals surface area (Å²) in [5.41, 5.74) is 0. The molecule has 0 aromatic heterocycles. The zero-order chi connectivity index (χ0) is 45.8. The molecule has 0 aromatic carbocycles. The van der Waals surface area contributed by atoms with Crippen molar-refractivity contribution in [2.45, 2.75) is 271 Å². The van der Waals surface area contributed by atoms with Gasteiger partial charge in [-0.3, -0.25) is 14.4 Å². The number of carbonyl (C=O) groups is 3. The van der Waals surface area contributed by atoms with Gasteiger partial charge in [-0.25, -0.2) is 0 Å². The molecule has 6 nitrogen and oxygen atoms in total. The van der Waals surface area contributed by atoms with E-state index in [1.54, 1.807) is 6.08 Å². The Hall–Kier alpha value is -2.89. The molecule has 364 valence electrons. The number of carbonyl (C=O) groups excluding carboxylic acids is 3. The van der Waals surface area contributed by atoms with Crippen LogP contribution in [0, 0.1) is 0 Å². The largest absolute Gasteiger partial charge is 0.462 e. The highest BCUT2D eigenvalue weighted by molar-refractivity contribution is 5.72. The van der Waals surface area contributed by atoms with E-state index in [2.05, 4.69) is 69.4 Å². The number of rotatable bonds is 48. The fourth-order valence-electron chi connectivity index (χ4n) is 7.58. The van der Waals surface area contributed by atoms with Gasteiger partial charge in [0.1, 0.15) is 13.2 Å². The lowest BCUT2D eigenvalue weighted by Gasteiger charge is -2.18. The average Bonchev–Trinajstić information content (AvgIpc) is 3.28. The molecule has 1 atom stereocenters. The maximum atomic E-state index is 12.7. The summed E-state index contributed by atoms with van der Waals surface area (Å²) in [5.74, 6) is -1.03. The number of hydrogen-bond donors (Lipinski definition) is 0. The number of hydrogen-bond acceptors (Lipinski definition) is 6. The van der Waals surface area contributed by atoms with Crippen LogP contribution < -0.4 is 0 Å². The van der Waals surface area contributed by atoms with Crippen molar-refractivity contribution in [2.24, 2.45) is 0 Å².